The molecule has 2 fully saturated rings. The van der Waals surface area contributed by atoms with Gasteiger partial charge in [0.2, 0.25) is 0 Å². The zero-order valence-corrected chi connectivity index (χ0v) is 9.45. The van der Waals surface area contributed by atoms with Gasteiger partial charge in [-0.05, 0) is 25.7 Å². The third-order valence-electron chi connectivity index (χ3n) is 3.26. The van der Waals surface area contributed by atoms with E-state index in [1.807, 2.05) is 12.1 Å². The van der Waals surface area contributed by atoms with Gasteiger partial charge >= 0.3 is 0 Å². The Morgan fingerprint density at radius 1 is 0.750 bits per heavy atom. The molecule has 0 N–H and O–H groups in total. The molecule has 0 radical (unpaired) electrons. The second kappa shape index (κ2) is 4.90. The first kappa shape index (κ1) is 10.8. The molecule has 2 rings (SSSR count). The van der Waals surface area contributed by atoms with E-state index in [-0.39, 0.29) is 5.57 Å². The fourth-order valence-corrected chi connectivity index (χ4v) is 2.50. The van der Waals surface area contributed by atoms with Crippen LogP contribution in [0.3, 0.4) is 0 Å². The van der Waals surface area contributed by atoms with Crippen molar-refractivity contribution in [3.8, 4) is 12.1 Å². The van der Waals surface area contributed by atoms with E-state index < -0.39 is 0 Å². The van der Waals surface area contributed by atoms with E-state index in [1.54, 1.807) is 0 Å². The topological polar surface area (TPSA) is 54.1 Å². The van der Waals surface area contributed by atoms with Crippen LogP contribution in [-0.4, -0.2) is 36.0 Å². The van der Waals surface area contributed by atoms with E-state index in [0.717, 1.165) is 32.0 Å². The molecule has 84 valence electrons. The Bertz CT molecular complexity index is 325. The number of nitriles is 2. The monoisotopic (exact) mass is 216 g/mol. The Labute approximate surface area is 96.4 Å². The first-order valence-electron chi connectivity index (χ1n) is 5.91. The largest absolute Gasteiger partial charge is 0.357 e. The van der Waals surface area contributed by atoms with Gasteiger partial charge < -0.3 is 9.80 Å². The molecule has 2 aliphatic rings. The molecular weight excluding hydrogens is 200 g/mol. The van der Waals surface area contributed by atoms with Gasteiger partial charge in [-0.15, -0.1) is 0 Å². The van der Waals surface area contributed by atoms with Gasteiger partial charge in [-0.1, -0.05) is 0 Å². The summed E-state index contributed by atoms with van der Waals surface area (Å²) in [5, 5.41) is 18.1. The Balaban J connectivity index is 2.29. The first-order chi connectivity index (χ1) is 7.86. The van der Waals surface area contributed by atoms with Gasteiger partial charge in [0, 0.05) is 26.2 Å². The molecule has 0 saturated carbocycles. The van der Waals surface area contributed by atoms with Crippen molar-refractivity contribution >= 4 is 0 Å². The van der Waals surface area contributed by atoms with Crippen molar-refractivity contribution in [1.29, 1.82) is 10.5 Å². The minimum absolute atomic E-state index is 0.281. The molecule has 0 amide bonds. The molecular formula is C12H16N4. The molecule has 0 aromatic heterocycles. The maximum Gasteiger partial charge on any atom is 0.169 e. The second-order valence-corrected chi connectivity index (χ2v) is 4.31. The molecule has 4 nitrogen and oxygen atoms in total. The number of hydrogen-bond donors (Lipinski definition) is 0. The summed E-state index contributed by atoms with van der Waals surface area (Å²) in [5.41, 5.74) is 0.281. The van der Waals surface area contributed by atoms with Crippen LogP contribution >= 0.6 is 0 Å². The van der Waals surface area contributed by atoms with Crippen molar-refractivity contribution in [3.05, 3.63) is 11.4 Å². The lowest BCUT2D eigenvalue weighted by atomic mass is 10.3. The molecule has 2 aliphatic heterocycles. The minimum Gasteiger partial charge on any atom is -0.357 e. The van der Waals surface area contributed by atoms with E-state index in [9.17, 15) is 0 Å². The zero-order chi connectivity index (χ0) is 11.4. The summed E-state index contributed by atoms with van der Waals surface area (Å²) in [6, 6.07) is 4.08. The smallest absolute Gasteiger partial charge is 0.169 e. The molecule has 0 bridgehead atoms. The Morgan fingerprint density at radius 3 is 1.44 bits per heavy atom. The van der Waals surface area contributed by atoms with Gasteiger partial charge in [0.15, 0.2) is 5.57 Å². The highest BCUT2D eigenvalue weighted by molar-refractivity contribution is 5.39. The van der Waals surface area contributed by atoms with Gasteiger partial charge in [0.25, 0.3) is 0 Å². The third kappa shape index (κ3) is 1.97. The maximum absolute atomic E-state index is 9.03. The summed E-state index contributed by atoms with van der Waals surface area (Å²) in [6.07, 6.45) is 4.67. The summed E-state index contributed by atoms with van der Waals surface area (Å²) >= 11 is 0. The molecule has 0 aliphatic carbocycles. The van der Waals surface area contributed by atoms with Gasteiger partial charge in [-0.3, -0.25) is 0 Å². The number of rotatable bonds is 2. The molecule has 0 spiro atoms. The first-order valence-corrected chi connectivity index (χ1v) is 5.91. The molecule has 0 aromatic rings. The predicted octanol–water partition coefficient (Wildman–Crippen LogP) is 1.44. The normalized spacial score (nSPS) is 19.4. The zero-order valence-electron chi connectivity index (χ0n) is 9.45. The number of allylic oxidation sites excluding steroid dienone is 1. The molecule has 16 heavy (non-hydrogen) atoms. The SMILES string of the molecule is N#CC(C#N)=C(N1CCCC1)N1CCCC1. The predicted molar refractivity (Wildman–Crippen MR) is 59.9 cm³/mol. The lowest BCUT2D eigenvalue weighted by molar-refractivity contribution is 0.268. The number of likely N-dealkylation sites (tertiary alicyclic amines) is 2. The molecule has 0 atom stereocenters. The molecule has 0 unspecified atom stereocenters. The number of nitrogens with zero attached hydrogens (tertiary/aromatic N) is 4. The van der Waals surface area contributed by atoms with E-state index in [0.29, 0.717) is 0 Å². The fourth-order valence-electron chi connectivity index (χ4n) is 2.50. The quantitative estimate of drug-likeness (QED) is 0.655. The lowest BCUT2D eigenvalue weighted by Gasteiger charge is -2.30. The third-order valence-corrected chi connectivity index (χ3v) is 3.26. The Morgan fingerprint density at radius 2 is 1.12 bits per heavy atom. The molecule has 0 aromatic carbocycles. The summed E-state index contributed by atoms with van der Waals surface area (Å²) < 4.78 is 0. The highest BCUT2D eigenvalue weighted by atomic mass is 15.3. The highest BCUT2D eigenvalue weighted by Gasteiger charge is 2.25. The van der Waals surface area contributed by atoms with E-state index in [4.69, 9.17) is 10.5 Å². The molecule has 2 saturated heterocycles. The molecule has 2 heterocycles. The van der Waals surface area contributed by atoms with Gasteiger partial charge in [0.05, 0.1) is 0 Å². The Hall–Kier alpha value is -1.68. The fraction of sp³-hybridized carbons (Fsp3) is 0.667. The molecule has 4 heteroatoms. The van der Waals surface area contributed by atoms with Crippen LogP contribution < -0.4 is 0 Å². The average Bonchev–Trinajstić information content (AvgIpc) is 2.98. The van der Waals surface area contributed by atoms with Crippen LogP contribution in [0.25, 0.3) is 0 Å². The van der Waals surface area contributed by atoms with Crippen LogP contribution in [0.4, 0.5) is 0 Å². The van der Waals surface area contributed by atoms with Crippen LogP contribution in [0.1, 0.15) is 25.7 Å². The summed E-state index contributed by atoms with van der Waals surface area (Å²) in [4.78, 5) is 4.40. The standard InChI is InChI=1S/C12H16N4/c13-9-11(10-14)12(15-5-1-2-6-15)16-7-3-4-8-16/h1-8H2. The van der Waals surface area contributed by atoms with Gasteiger partial charge in [0.1, 0.15) is 18.0 Å². The van der Waals surface area contributed by atoms with Crippen molar-refractivity contribution in [3.63, 3.8) is 0 Å². The van der Waals surface area contributed by atoms with Crippen molar-refractivity contribution in [2.24, 2.45) is 0 Å². The van der Waals surface area contributed by atoms with Gasteiger partial charge in [-0.25, -0.2) is 0 Å². The second-order valence-electron chi connectivity index (χ2n) is 4.31. The highest BCUT2D eigenvalue weighted by Crippen LogP contribution is 2.24. The van der Waals surface area contributed by atoms with E-state index in [2.05, 4.69) is 9.80 Å². The van der Waals surface area contributed by atoms with Crippen molar-refractivity contribution < 1.29 is 0 Å². The maximum atomic E-state index is 9.03. The van der Waals surface area contributed by atoms with Crippen molar-refractivity contribution in [2.45, 2.75) is 25.7 Å². The van der Waals surface area contributed by atoms with Crippen molar-refractivity contribution in [1.82, 2.24) is 9.80 Å². The van der Waals surface area contributed by atoms with Crippen LogP contribution in [0.15, 0.2) is 11.4 Å². The van der Waals surface area contributed by atoms with Crippen LogP contribution in [0.5, 0.6) is 0 Å². The van der Waals surface area contributed by atoms with E-state index >= 15 is 0 Å². The van der Waals surface area contributed by atoms with Crippen LogP contribution in [0, 0.1) is 22.7 Å². The lowest BCUT2D eigenvalue weighted by Crippen LogP contribution is -2.33. The summed E-state index contributed by atoms with van der Waals surface area (Å²) in [7, 11) is 0. The summed E-state index contributed by atoms with van der Waals surface area (Å²) in [5.74, 6) is 0.889. The Kier molecular flexibility index (Phi) is 3.31. The van der Waals surface area contributed by atoms with Crippen LogP contribution in [-0.2, 0) is 0 Å². The number of hydrogen-bond acceptors (Lipinski definition) is 4. The van der Waals surface area contributed by atoms with Crippen LogP contribution in [0.2, 0.25) is 0 Å². The van der Waals surface area contributed by atoms with Crippen molar-refractivity contribution in [2.75, 3.05) is 26.2 Å². The van der Waals surface area contributed by atoms with E-state index in [1.165, 1.54) is 25.7 Å². The minimum atomic E-state index is 0.281. The average molecular weight is 216 g/mol. The summed E-state index contributed by atoms with van der Waals surface area (Å²) in [6.45, 7) is 3.94. The van der Waals surface area contributed by atoms with Gasteiger partial charge in [-0.2, -0.15) is 10.5 Å².